The summed E-state index contributed by atoms with van der Waals surface area (Å²) in [4.78, 5) is 2.21. The molecule has 0 aliphatic carbocycles. The second-order valence-electron chi connectivity index (χ2n) is 5.49. The highest BCUT2D eigenvalue weighted by Gasteiger charge is 2.32. The van der Waals surface area contributed by atoms with E-state index in [9.17, 15) is 13.2 Å². The van der Waals surface area contributed by atoms with Crippen LogP contribution < -0.4 is 4.90 Å². The van der Waals surface area contributed by atoms with Crippen LogP contribution in [0.25, 0.3) is 0 Å². The lowest BCUT2D eigenvalue weighted by molar-refractivity contribution is -0.137. The number of anilines is 1. The molecule has 0 bridgehead atoms. The van der Waals surface area contributed by atoms with E-state index in [4.69, 9.17) is 10.00 Å². The molecule has 1 aromatic carbocycles. The summed E-state index contributed by atoms with van der Waals surface area (Å²) >= 11 is 0.744. The molecule has 0 spiro atoms. The maximum atomic E-state index is 13.0. The standard InChI is InChI=1S/C16H19F3N2OS/c1-2-3-6-22-14-4-5-21(10-14)13-7-12(16(17,18)19)8-15(9-13)23-11-20/h7-9,14H,2-6,10H2,1H3/t14-/m1/s1. The van der Waals surface area contributed by atoms with Crippen molar-refractivity contribution in [1.82, 2.24) is 0 Å². The minimum absolute atomic E-state index is 0.0585. The van der Waals surface area contributed by atoms with Gasteiger partial charge in [-0.25, -0.2) is 0 Å². The predicted molar refractivity (Wildman–Crippen MR) is 84.4 cm³/mol. The molecule has 7 heteroatoms. The first kappa shape index (κ1) is 18.0. The summed E-state index contributed by atoms with van der Waals surface area (Å²) in [7, 11) is 0. The van der Waals surface area contributed by atoms with E-state index in [-0.39, 0.29) is 6.10 Å². The fourth-order valence-electron chi connectivity index (χ4n) is 2.53. The third kappa shape index (κ3) is 5.05. The van der Waals surface area contributed by atoms with Crippen molar-refractivity contribution in [3.63, 3.8) is 0 Å². The molecule has 1 saturated heterocycles. The Bertz CT molecular complexity index is 571. The summed E-state index contributed by atoms with van der Waals surface area (Å²) in [5, 5.41) is 10.6. The molecule has 0 amide bonds. The van der Waals surface area contributed by atoms with E-state index in [0.29, 0.717) is 30.3 Å². The molecule has 0 N–H and O–H groups in total. The summed E-state index contributed by atoms with van der Waals surface area (Å²) in [6.07, 6.45) is -1.51. The number of ether oxygens (including phenoxy) is 1. The Morgan fingerprint density at radius 1 is 1.39 bits per heavy atom. The number of unbranched alkanes of at least 4 members (excludes halogenated alkanes) is 1. The first-order valence-corrected chi connectivity index (χ1v) is 8.40. The summed E-state index contributed by atoms with van der Waals surface area (Å²) in [5.74, 6) is 0. The van der Waals surface area contributed by atoms with Gasteiger partial charge in [-0.05, 0) is 42.8 Å². The molecule has 0 unspecified atom stereocenters. The summed E-state index contributed by atoms with van der Waals surface area (Å²) < 4.78 is 44.8. The Hall–Kier alpha value is -1.39. The lowest BCUT2D eigenvalue weighted by atomic mass is 10.2. The third-order valence-electron chi connectivity index (χ3n) is 3.74. The first-order chi connectivity index (χ1) is 10.9. The van der Waals surface area contributed by atoms with Crippen LogP contribution in [0, 0.1) is 10.7 Å². The van der Waals surface area contributed by atoms with Crippen molar-refractivity contribution in [2.45, 2.75) is 43.4 Å². The number of nitriles is 1. The average molecular weight is 344 g/mol. The Kier molecular flexibility index (Phi) is 6.19. The lowest BCUT2D eigenvalue weighted by Crippen LogP contribution is -2.23. The van der Waals surface area contributed by atoms with E-state index in [1.807, 2.05) is 10.3 Å². The zero-order chi connectivity index (χ0) is 16.9. The fraction of sp³-hybridized carbons (Fsp3) is 0.562. The Morgan fingerprint density at radius 2 is 2.17 bits per heavy atom. The Balaban J connectivity index is 2.13. The molecule has 1 heterocycles. The van der Waals surface area contributed by atoms with Crippen LogP contribution in [0.15, 0.2) is 23.1 Å². The molecular formula is C16H19F3N2OS. The second kappa shape index (κ2) is 7.93. The molecule has 0 saturated carbocycles. The van der Waals surface area contributed by atoms with Crippen LogP contribution in [0.2, 0.25) is 0 Å². The molecule has 1 fully saturated rings. The highest BCUT2D eigenvalue weighted by atomic mass is 32.2. The normalized spacial score (nSPS) is 18.2. The van der Waals surface area contributed by atoms with E-state index in [1.54, 1.807) is 6.07 Å². The topological polar surface area (TPSA) is 36.3 Å². The molecular weight excluding hydrogens is 325 g/mol. The summed E-state index contributed by atoms with van der Waals surface area (Å²) in [6.45, 7) is 4.02. The maximum Gasteiger partial charge on any atom is 0.416 e. The van der Waals surface area contributed by atoms with Crippen LogP contribution >= 0.6 is 11.8 Å². The Morgan fingerprint density at radius 3 is 2.83 bits per heavy atom. The van der Waals surface area contributed by atoms with Gasteiger partial charge in [-0.2, -0.15) is 18.4 Å². The van der Waals surface area contributed by atoms with Gasteiger partial charge in [0.15, 0.2) is 0 Å². The number of thioether (sulfide) groups is 1. The number of thiocyanates is 1. The fourth-order valence-corrected chi connectivity index (χ4v) is 3.01. The number of alkyl halides is 3. The number of halogens is 3. The molecule has 3 nitrogen and oxygen atoms in total. The van der Waals surface area contributed by atoms with E-state index < -0.39 is 11.7 Å². The monoisotopic (exact) mass is 344 g/mol. The zero-order valence-corrected chi connectivity index (χ0v) is 13.7. The maximum absolute atomic E-state index is 13.0. The quantitative estimate of drug-likeness (QED) is 0.427. The highest BCUT2D eigenvalue weighted by molar-refractivity contribution is 8.03. The van der Waals surface area contributed by atoms with Crippen molar-refractivity contribution in [3.8, 4) is 5.40 Å². The van der Waals surface area contributed by atoms with E-state index >= 15 is 0 Å². The Labute approximate surface area is 138 Å². The second-order valence-corrected chi connectivity index (χ2v) is 6.35. The number of nitrogens with zero attached hydrogens (tertiary/aromatic N) is 2. The molecule has 1 atom stereocenters. The van der Waals surface area contributed by atoms with Crippen LogP contribution in [0.3, 0.4) is 0 Å². The number of hydrogen-bond acceptors (Lipinski definition) is 4. The smallest absolute Gasteiger partial charge is 0.376 e. The first-order valence-electron chi connectivity index (χ1n) is 7.58. The van der Waals surface area contributed by atoms with E-state index in [0.717, 1.165) is 43.2 Å². The van der Waals surface area contributed by atoms with Gasteiger partial charge in [-0.3, -0.25) is 0 Å². The van der Waals surface area contributed by atoms with Gasteiger partial charge in [0.2, 0.25) is 0 Å². The van der Waals surface area contributed by atoms with Crippen molar-refractivity contribution in [2.75, 3.05) is 24.6 Å². The summed E-state index contributed by atoms with van der Waals surface area (Å²) in [6, 6.07) is 3.80. The molecule has 0 radical (unpaired) electrons. The van der Waals surface area contributed by atoms with Gasteiger partial charge in [0, 0.05) is 30.3 Å². The molecule has 2 rings (SSSR count). The van der Waals surface area contributed by atoms with E-state index in [1.165, 1.54) is 0 Å². The lowest BCUT2D eigenvalue weighted by Gasteiger charge is -2.21. The van der Waals surface area contributed by atoms with Crippen molar-refractivity contribution >= 4 is 17.4 Å². The van der Waals surface area contributed by atoms with Gasteiger partial charge in [0.25, 0.3) is 0 Å². The van der Waals surface area contributed by atoms with Crippen LogP contribution in [0.1, 0.15) is 31.7 Å². The molecule has 1 aliphatic heterocycles. The minimum Gasteiger partial charge on any atom is -0.376 e. The van der Waals surface area contributed by atoms with Gasteiger partial charge < -0.3 is 9.64 Å². The zero-order valence-electron chi connectivity index (χ0n) is 12.9. The number of benzene rings is 1. The van der Waals surface area contributed by atoms with Crippen LogP contribution in [0.5, 0.6) is 0 Å². The molecule has 23 heavy (non-hydrogen) atoms. The van der Waals surface area contributed by atoms with Crippen LogP contribution in [0.4, 0.5) is 18.9 Å². The van der Waals surface area contributed by atoms with E-state index in [2.05, 4.69) is 6.92 Å². The van der Waals surface area contributed by atoms with Crippen LogP contribution in [-0.4, -0.2) is 25.8 Å². The molecule has 0 aromatic heterocycles. The van der Waals surface area contributed by atoms with Gasteiger partial charge in [-0.1, -0.05) is 13.3 Å². The van der Waals surface area contributed by atoms with Gasteiger partial charge in [0.1, 0.15) is 5.40 Å². The highest BCUT2D eigenvalue weighted by Crippen LogP contribution is 2.36. The molecule has 1 aromatic rings. The predicted octanol–water partition coefficient (Wildman–Crippen LogP) is 4.67. The third-order valence-corrected chi connectivity index (χ3v) is 4.31. The molecule has 126 valence electrons. The van der Waals surface area contributed by atoms with Gasteiger partial charge >= 0.3 is 6.18 Å². The van der Waals surface area contributed by atoms with Gasteiger partial charge in [0.05, 0.1) is 11.7 Å². The van der Waals surface area contributed by atoms with Crippen molar-refractivity contribution in [3.05, 3.63) is 23.8 Å². The SMILES string of the molecule is CCCCO[C@@H]1CCN(c2cc(SC#N)cc(C(F)(F)F)c2)C1. The minimum atomic E-state index is -4.42. The van der Waals surface area contributed by atoms with Crippen molar-refractivity contribution < 1.29 is 17.9 Å². The number of hydrogen-bond donors (Lipinski definition) is 0. The summed E-state index contributed by atoms with van der Waals surface area (Å²) in [5.41, 5.74) is -0.220. The van der Waals surface area contributed by atoms with Crippen molar-refractivity contribution in [1.29, 1.82) is 5.26 Å². The average Bonchev–Trinajstić information content (AvgIpc) is 2.96. The largest absolute Gasteiger partial charge is 0.416 e. The van der Waals surface area contributed by atoms with Crippen LogP contribution in [-0.2, 0) is 10.9 Å². The van der Waals surface area contributed by atoms with Gasteiger partial charge in [-0.15, -0.1) is 0 Å². The molecule has 1 aliphatic rings. The van der Waals surface area contributed by atoms with Crippen molar-refractivity contribution in [2.24, 2.45) is 0 Å². The number of rotatable bonds is 6.